The fraction of sp³-hybridized carbons (Fsp3) is 0.556. The predicted octanol–water partition coefficient (Wildman–Crippen LogP) is 1.72. The molecule has 0 aliphatic carbocycles. The lowest BCUT2D eigenvalue weighted by molar-refractivity contribution is -0.137. The van der Waals surface area contributed by atoms with E-state index in [1.165, 1.54) is 14.2 Å². The summed E-state index contributed by atoms with van der Waals surface area (Å²) in [6, 6.07) is 5.68. The molecule has 7 heteroatoms. The van der Waals surface area contributed by atoms with Gasteiger partial charge in [-0.05, 0) is 37.6 Å². The largest absolute Gasteiger partial charge is 0.377 e. The Bertz CT molecular complexity index is 588. The lowest BCUT2D eigenvalue weighted by Crippen LogP contribution is -2.39. The number of rotatable bonds is 9. The van der Waals surface area contributed by atoms with Gasteiger partial charge in [-0.3, -0.25) is 9.59 Å². The fourth-order valence-electron chi connectivity index (χ4n) is 2.50. The van der Waals surface area contributed by atoms with Crippen LogP contribution in [0, 0.1) is 0 Å². The molecule has 0 saturated heterocycles. The van der Waals surface area contributed by atoms with Crippen LogP contribution in [0.2, 0.25) is 0 Å². The molecule has 0 saturated carbocycles. The molecule has 1 rings (SSSR count). The molecular formula is C18H29N3O4. The Morgan fingerprint density at radius 1 is 1.12 bits per heavy atom. The van der Waals surface area contributed by atoms with Crippen LogP contribution in [-0.4, -0.2) is 64.3 Å². The van der Waals surface area contributed by atoms with Gasteiger partial charge in [0.1, 0.15) is 13.2 Å². The van der Waals surface area contributed by atoms with Crippen molar-refractivity contribution in [2.75, 3.05) is 51.7 Å². The minimum atomic E-state index is -0.220. The molecule has 0 aromatic heterocycles. The molecule has 0 atom stereocenters. The van der Waals surface area contributed by atoms with Crippen molar-refractivity contribution in [3.63, 3.8) is 0 Å². The first-order valence-corrected chi connectivity index (χ1v) is 8.17. The second-order valence-corrected chi connectivity index (χ2v) is 6.27. The van der Waals surface area contributed by atoms with Crippen LogP contribution in [0.25, 0.3) is 0 Å². The summed E-state index contributed by atoms with van der Waals surface area (Å²) >= 11 is 0. The molecule has 25 heavy (non-hydrogen) atoms. The predicted molar refractivity (Wildman–Crippen MR) is 98.8 cm³/mol. The first-order chi connectivity index (χ1) is 11.8. The average Bonchev–Trinajstić information content (AvgIpc) is 2.52. The van der Waals surface area contributed by atoms with Crippen molar-refractivity contribution in [3.05, 3.63) is 23.8 Å². The van der Waals surface area contributed by atoms with Crippen LogP contribution in [0.5, 0.6) is 0 Å². The quantitative estimate of drug-likeness (QED) is 0.733. The van der Waals surface area contributed by atoms with E-state index >= 15 is 0 Å². The highest BCUT2D eigenvalue weighted by molar-refractivity contribution is 5.92. The highest BCUT2D eigenvalue weighted by atomic mass is 16.5. The molecule has 140 valence electrons. The van der Waals surface area contributed by atoms with E-state index in [1.54, 1.807) is 4.90 Å². The molecule has 0 spiro atoms. The van der Waals surface area contributed by atoms with Gasteiger partial charge in [-0.2, -0.15) is 0 Å². The van der Waals surface area contributed by atoms with E-state index in [0.29, 0.717) is 12.2 Å². The van der Waals surface area contributed by atoms with Gasteiger partial charge in [-0.1, -0.05) is 0 Å². The third-order valence-electron chi connectivity index (χ3n) is 3.67. The van der Waals surface area contributed by atoms with Crippen LogP contribution in [-0.2, 0) is 25.6 Å². The summed E-state index contributed by atoms with van der Waals surface area (Å²) in [5.74, 6) is -0.293. The standard InChI is InChI=1S/C18H29N3O4/c1-13(2)21(18(23)12-25-6)10-14-9-15(19-17(22)11-24-5)7-8-16(14)20(3)4/h7-9,13H,10-12H2,1-6H3,(H,19,22). The maximum Gasteiger partial charge on any atom is 0.250 e. The average molecular weight is 351 g/mol. The number of amides is 2. The van der Waals surface area contributed by atoms with Gasteiger partial charge in [0.2, 0.25) is 11.8 Å². The van der Waals surface area contributed by atoms with Gasteiger partial charge < -0.3 is 24.6 Å². The normalized spacial score (nSPS) is 10.7. The Balaban J connectivity index is 3.11. The molecule has 0 bridgehead atoms. The monoisotopic (exact) mass is 351 g/mol. The smallest absolute Gasteiger partial charge is 0.250 e. The van der Waals surface area contributed by atoms with Gasteiger partial charge in [0, 0.05) is 52.3 Å². The summed E-state index contributed by atoms with van der Waals surface area (Å²) in [5.41, 5.74) is 2.60. The Labute approximate surface area is 149 Å². The third kappa shape index (κ3) is 6.36. The molecule has 0 fully saturated rings. The molecular weight excluding hydrogens is 322 g/mol. The topological polar surface area (TPSA) is 71.1 Å². The van der Waals surface area contributed by atoms with Crippen molar-refractivity contribution >= 4 is 23.2 Å². The molecule has 7 nitrogen and oxygen atoms in total. The molecule has 2 amide bonds. The Morgan fingerprint density at radius 2 is 1.76 bits per heavy atom. The lowest BCUT2D eigenvalue weighted by Gasteiger charge is -2.29. The highest BCUT2D eigenvalue weighted by Gasteiger charge is 2.19. The summed E-state index contributed by atoms with van der Waals surface area (Å²) < 4.78 is 9.82. The minimum Gasteiger partial charge on any atom is -0.377 e. The Kier molecular flexibility index (Phi) is 8.37. The molecule has 1 aromatic carbocycles. The Morgan fingerprint density at radius 3 is 2.28 bits per heavy atom. The molecule has 0 unspecified atom stereocenters. The van der Waals surface area contributed by atoms with Gasteiger partial charge in [0.25, 0.3) is 0 Å². The summed E-state index contributed by atoms with van der Waals surface area (Å²) in [7, 11) is 6.87. The number of ether oxygens (including phenoxy) is 2. The van der Waals surface area contributed by atoms with Crippen LogP contribution in [0.4, 0.5) is 11.4 Å². The SMILES string of the molecule is COCC(=O)Nc1ccc(N(C)C)c(CN(C(=O)COC)C(C)C)c1. The molecule has 0 aliphatic rings. The van der Waals surface area contributed by atoms with Gasteiger partial charge in [0.15, 0.2) is 0 Å². The summed E-state index contributed by atoms with van der Waals surface area (Å²) in [4.78, 5) is 27.8. The van der Waals surface area contributed by atoms with Gasteiger partial charge in [-0.15, -0.1) is 0 Å². The number of carbonyl (C=O) groups excluding carboxylic acids is 2. The summed E-state index contributed by atoms with van der Waals surface area (Å²) in [6.45, 7) is 4.40. The molecule has 1 aromatic rings. The number of nitrogens with one attached hydrogen (secondary N) is 1. The first-order valence-electron chi connectivity index (χ1n) is 8.17. The van der Waals surface area contributed by atoms with E-state index in [-0.39, 0.29) is 31.1 Å². The zero-order valence-corrected chi connectivity index (χ0v) is 16.0. The maximum atomic E-state index is 12.3. The van der Waals surface area contributed by atoms with Crippen LogP contribution in [0.3, 0.4) is 0 Å². The van der Waals surface area contributed by atoms with Crippen LogP contribution in [0.15, 0.2) is 18.2 Å². The van der Waals surface area contributed by atoms with E-state index in [9.17, 15) is 9.59 Å². The summed E-state index contributed by atoms with van der Waals surface area (Å²) in [6.07, 6.45) is 0. The van der Waals surface area contributed by atoms with Gasteiger partial charge >= 0.3 is 0 Å². The van der Waals surface area contributed by atoms with Crippen LogP contribution >= 0.6 is 0 Å². The number of anilines is 2. The third-order valence-corrected chi connectivity index (χ3v) is 3.67. The minimum absolute atomic E-state index is 0.00475. The van der Waals surface area contributed by atoms with Crippen LogP contribution < -0.4 is 10.2 Å². The van der Waals surface area contributed by atoms with E-state index in [2.05, 4.69) is 5.32 Å². The number of hydrogen-bond donors (Lipinski definition) is 1. The van der Waals surface area contributed by atoms with Crippen molar-refractivity contribution in [1.29, 1.82) is 0 Å². The zero-order chi connectivity index (χ0) is 19.0. The molecule has 1 N–H and O–H groups in total. The van der Waals surface area contributed by atoms with E-state index < -0.39 is 0 Å². The zero-order valence-electron chi connectivity index (χ0n) is 16.0. The van der Waals surface area contributed by atoms with Crippen LogP contribution in [0.1, 0.15) is 19.4 Å². The Hall–Kier alpha value is -2.12. The molecule has 0 aliphatic heterocycles. The van der Waals surface area contributed by atoms with E-state index in [1.807, 2.05) is 51.0 Å². The second-order valence-electron chi connectivity index (χ2n) is 6.27. The second kappa shape index (κ2) is 10.0. The lowest BCUT2D eigenvalue weighted by atomic mass is 10.1. The molecule has 0 heterocycles. The molecule has 0 radical (unpaired) electrons. The van der Waals surface area contributed by atoms with Gasteiger partial charge in [-0.25, -0.2) is 0 Å². The van der Waals surface area contributed by atoms with E-state index in [0.717, 1.165) is 11.3 Å². The first kappa shape index (κ1) is 20.9. The van der Waals surface area contributed by atoms with Gasteiger partial charge in [0.05, 0.1) is 0 Å². The fourth-order valence-corrected chi connectivity index (χ4v) is 2.50. The van der Waals surface area contributed by atoms with Crippen molar-refractivity contribution in [2.24, 2.45) is 0 Å². The number of carbonyl (C=O) groups is 2. The van der Waals surface area contributed by atoms with Crippen molar-refractivity contribution in [1.82, 2.24) is 4.90 Å². The van der Waals surface area contributed by atoms with Crippen molar-refractivity contribution in [2.45, 2.75) is 26.4 Å². The summed E-state index contributed by atoms with van der Waals surface area (Å²) in [5, 5.41) is 2.80. The number of methoxy groups -OCH3 is 2. The maximum absolute atomic E-state index is 12.3. The number of hydrogen-bond acceptors (Lipinski definition) is 5. The van der Waals surface area contributed by atoms with Crippen molar-refractivity contribution < 1.29 is 19.1 Å². The van der Waals surface area contributed by atoms with Crippen molar-refractivity contribution in [3.8, 4) is 0 Å². The number of benzene rings is 1. The van der Waals surface area contributed by atoms with E-state index in [4.69, 9.17) is 9.47 Å². The highest BCUT2D eigenvalue weighted by Crippen LogP contribution is 2.25. The number of nitrogens with zero attached hydrogens (tertiary/aromatic N) is 2.